The lowest BCUT2D eigenvalue weighted by Crippen LogP contribution is -2.05. The second-order valence-corrected chi connectivity index (χ2v) is 5.39. The van der Waals surface area contributed by atoms with E-state index in [-0.39, 0.29) is 11.6 Å². The highest BCUT2D eigenvalue weighted by molar-refractivity contribution is 6.30. The Hall–Kier alpha value is -2.92. The molecule has 3 rings (SSSR count). The molecule has 0 spiro atoms. The van der Waals surface area contributed by atoms with Gasteiger partial charge in [0.2, 0.25) is 5.90 Å². The van der Waals surface area contributed by atoms with Gasteiger partial charge in [-0.2, -0.15) is 0 Å². The molecule has 0 bridgehead atoms. The summed E-state index contributed by atoms with van der Waals surface area (Å²) in [4.78, 5) is 27.6. The Morgan fingerprint density at radius 3 is 2.42 bits per heavy atom. The lowest BCUT2D eigenvalue weighted by atomic mass is 10.1. The van der Waals surface area contributed by atoms with E-state index in [1.165, 1.54) is 7.11 Å². The van der Waals surface area contributed by atoms with Crippen LogP contribution < -0.4 is 0 Å². The van der Waals surface area contributed by atoms with Crippen LogP contribution in [-0.2, 0) is 14.3 Å². The molecule has 2 aromatic carbocycles. The van der Waals surface area contributed by atoms with E-state index in [1.54, 1.807) is 54.6 Å². The number of carbonyl (C=O) groups is 2. The van der Waals surface area contributed by atoms with Crippen LogP contribution in [0.1, 0.15) is 21.5 Å². The third kappa shape index (κ3) is 3.36. The molecule has 1 aliphatic heterocycles. The molecule has 0 fully saturated rings. The number of nitrogens with zero attached hydrogens (tertiary/aromatic N) is 1. The van der Waals surface area contributed by atoms with Crippen LogP contribution in [0.2, 0.25) is 5.02 Å². The van der Waals surface area contributed by atoms with E-state index in [1.807, 2.05) is 0 Å². The number of rotatable bonds is 3. The van der Waals surface area contributed by atoms with Crippen molar-refractivity contribution in [3.8, 4) is 0 Å². The number of hydrogen-bond donors (Lipinski definition) is 0. The average Bonchev–Trinajstić information content (AvgIpc) is 2.96. The number of cyclic esters (lactones) is 1. The monoisotopic (exact) mass is 341 g/mol. The smallest absolute Gasteiger partial charge is 0.363 e. The Labute approximate surface area is 143 Å². The van der Waals surface area contributed by atoms with Crippen LogP contribution in [0.5, 0.6) is 0 Å². The molecule has 1 heterocycles. The highest BCUT2D eigenvalue weighted by Crippen LogP contribution is 2.20. The Morgan fingerprint density at radius 1 is 1.12 bits per heavy atom. The molecule has 0 saturated carbocycles. The lowest BCUT2D eigenvalue weighted by molar-refractivity contribution is -0.129. The first-order valence-electron chi connectivity index (χ1n) is 7.04. The molecule has 0 radical (unpaired) electrons. The van der Waals surface area contributed by atoms with Crippen LogP contribution in [-0.4, -0.2) is 24.9 Å². The third-order valence-electron chi connectivity index (χ3n) is 3.35. The summed E-state index contributed by atoms with van der Waals surface area (Å²) >= 11 is 5.84. The molecule has 24 heavy (non-hydrogen) atoms. The fourth-order valence-corrected chi connectivity index (χ4v) is 2.24. The van der Waals surface area contributed by atoms with Gasteiger partial charge in [0.25, 0.3) is 0 Å². The second-order valence-electron chi connectivity index (χ2n) is 4.96. The highest BCUT2D eigenvalue weighted by atomic mass is 35.5. The molecule has 0 atom stereocenters. The molecule has 0 N–H and O–H groups in total. The third-order valence-corrected chi connectivity index (χ3v) is 3.60. The number of ether oxygens (including phenoxy) is 2. The highest BCUT2D eigenvalue weighted by Gasteiger charge is 2.24. The summed E-state index contributed by atoms with van der Waals surface area (Å²) in [6.07, 6.45) is 1.59. The van der Waals surface area contributed by atoms with E-state index in [0.29, 0.717) is 16.1 Å². The van der Waals surface area contributed by atoms with Gasteiger partial charge in [-0.3, -0.25) is 0 Å². The normalized spacial score (nSPS) is 15.2. The molecular formula is C18H12ClNO4. The summed E-state index contributed by atoms with van der Waals surface area (Å²) in [7, 11) is 1.32. The molecule has 0 amide bonds. The fraction of sp³-hybridized carbons (Fsp3) is 0.0556. The predicted octanol–water partition coefficient (Wildman–Crippen LogP) is 3.47. The Morgan fingerprint density at radius 2 is 1.79 bits per heavy atom. The van der Waals surface area contributed by atoms with Crippen LogP contribution in [0.3, 0.4) is 0 Å². The Kier molecular flexibility index (Phi) is 4.44. The van der Waals surface area contributed by atoms with E-state index in [9.17, 15) is 9.59 Å². The zero-order chi connectivity index (χ0) is 17.1. The minimum absolute atomic E-state index is 0.186. The minimum Gasteiger partial charge on any atom is -0.465 e. The fourth-order valence-electron chi connectivity index (χ4n) is 2.12. The summed E-state index contributed by atoms with van der Waals surface area (Å²) in [5.41, 5.74) is 2.00. The molecule has 0 unspecified atom stereocenters. The van der Waals surface area contributed by atoms with Crippen molar-refractivity contribution in [3.63, 3.8) is 0 Å². The zero-order valence-corrected chi connectivity index (χ0v) is 13.4. The van der Waals surface area contributed by atoms with Crippen molar-refractivity contribution in [1.82, 2.24) is 0 Å². The second kappa shape index (κ2) is 6.68. The maximum atomic E-state index is 11.9. The summed E-state index contributed by atoms with van der Waals surface area (Å²) in [6.45, 7) is 0. The van der Waals surface area contributed by atoms with Gasteiger partial charge in [-0.05, 0) is 48.0 Å². The van der Waals surface area contributed by atoms with Gasteiger partial charge in [0.05, 0.1) is 12.7 Å². The number of methoxy groups -OCH3 is 1. The Balaban J connectivity index is 1.85. The topological polar surface area (TPSA) is 65.0 Å². The van der Waals surface area contributed by atoms with Crippen LogP contribution in [0.15, 0.2) is 59.2 Å². The van der Waals surface area contributed by atoms with E-state index in [2.05, 4.69) is 9.73 Å². The van der Waals surface area contributed by atoms with Crippen LogP contribution in [0.4, 0.5) is 0 Å². The molecule has 5 nitrogen and oxygen atoms in total. The molecule has 0 aromatic heterocycles. The number of halogens is 1. The molecule has 1 aliphatic rings. The molecule has 2 aromatic rings. The number of aliphatic imine (C=N–C) groups is 1. The zero-order valence-electron chi connectivity index (χ0n) is 12.7. The lowest BCUT2D eigenvalue weighted by Gasteiger charge is -1.99. The summed E-state index contributed by atoms with van der Waals surface area (Å²) in [5, 5.41) is 0.588. The van der Waals surface area contributed by atoms with E-state index >= 15 is 0 Å². The van der Waals surface area contributed by atoms with Crippen LogP contribution >= 0.6 is 11.6 Å². The van der Waals surface area contributed by atoms with Gasteiger partial charge in [0, 0.05) is 10.6 Å². The maximum absolute atomic E-state index is 11.9. The predicted molar refractivity (Wildman–Crippen MR) is 89.8 cm³/mol. The summed E-state index contributed by atoms with van der Waals surface area (Å²) < 4.78 is 9.82. The van der Waals surface area contributed by atoms with Gasteiger partial charge in [-0.15, -0.1) is 0 Å². The number of carbonyl (C=O) groups excluding carboxylic acids is 2. The summed E-state index contributed by atoms with van der Waals surface area (Å²) in [5.74, 6) is -0.719. The van der Waals surface area contributed by atoms with Crippen molar-refractivity contribution >= 4 is 35.5 Å². The molecule has 0 aliphatic carbocycles. The van der Waals surface area contributed by atoms with E-state index < -0.39 is 11.9 Å². The standard InChI is InChI=1S/C18H12ClNO4/c1-23-17(21)13-4-2-11(3-5-13)10-15-18(22)24-16(20-15)12-6-8-14(19)9-7-12/h2-10H,1H3. The van der Waals surface area contributed by atoms with E-state index in [0.717, 1.165) is 5.56 Å². The minimum atomic E-state index is -0.531. The first-order chi connectivity index (χ1) is 11.6. The average molecular weight is 342 g/mol. The number of esters is 2. The van der Waals surface area contributed by atoms with Crippen molar-refractivity contribution in [2.45, 2.75) is 0 Å². The number of hydrogen-bond acceptors (Lipinski definition) is 5. The van der Waals surface area contributed by atoms with Crippen molar-refractivity contribution in [2.24, 2.45) is 4.99 Å². The van der Waals surface area contributed by atoms with Crippen LogP contribution in [0.25, 0.3) is 6.08 Å². The molecule has 120 valence electrons. The van der Waals surface area contributed by atoms with Crippen LogP contribution in [0, 0.1) is 0 Å². The summed E-state index contributed by atoms with van der Waals surface area (Å²) in [6, 6.07) is 13.5. The van der Waals surface area contributed by atoms with Crippen molar-refractivity contribution < 1.29 is 19.1 Å². The van der Waals surface area contributed by atoms with Gasteiger partial charge in [0.15, 0.2) is 5.70 Å². The van der Waals surface area contributed by atoms with Gasteiger partial charge < -0.3 is 9.47 Å². The Bertz CT molecular complexity index is 852. The van der Waals surface area contributed by atoms with Crippen molar-refractivity contribution in [3.05, 3.63) is 75.9 Å². The quantitative estimate of drug-likeness (QED) is 0.633. The molecule has 0 saturated heterocycles. The van der Waals surface area contributed by atoms with Gasteiger partial charge >= 0.3 is 11.9 Å². The maximum Gasteiger partial charge on any atom is 0.363 e. The van der Waals surface area contributed by atoms with Gasteiger partial charge in [-0.25, -0.2) is 14.6 Å². The SMILES string of the molecule is COC(=O)c1ccc(C=C2N=C(c3ccc(Cl)cc3)OC2=O)cc1. The van der Waals surface area contributed by atoms with E-state index in [4.69, 9.17) is 16.3 Å². The van der Waals surface area contributed by atoms with Gasteiger partial charge in [0.1, 0.15) is 0 Å². The first-order valence-corrected chi connectivity index (χ1v) is 7.41. The number of benzene rings is 2. The molecular weight excluding hydrogens is 330 g/mol. The molecule has 6 heteroatoms. The van der Waals surface area contributed by atoms with Gasteiger partial charge in [-0.1, -0.05) is 23.7 Å². The van der Waals surface area contributed by atoms with Crippen molar-refractivity contribution in [2.75, 3.05) is 7.11 Å². The largest absolute Gasteiger partial charge is 0.465 e. The first kappa shape index (κ1) is 16.0. The van der Waals surface area contributed by atoms with Crippen molar-refractivity contribution in [1.29, 1.82) is 0 Å².